The van der Waals surface area contributed by atoms with Crippen molar-refractivity contribution in [3.05, 3.63) is 35.5 Å². The third-order valence-electron chi connectivity index (χ3n) is 1.94. The van der Waals surface area contributed by atoms with Crippen LogP contribution in [0.1, 0.15) is 40.0 Å². The number of hydrogen-bond donors (Lipinski definition) is 1. The van der Waals surface area contributed by atoms with E-state index in [1.54, 1.807) is 18.2 Å². The lowest BCUT2D eigenvalue weighted by molar-refractivity contribution is -0.132. The monoisotopic (exact) mass is 208 g/mol. The van der Waals surface area contributed by atoms with Crippen molar-refractivity contribution in [2.45, 2.75) is 40.0 Å². The summed E-state index contributed by atoms with van der Waals surface area (Å²) < 4.78 is 0. The summed E-state index contributed by atoms with van der Waals surface area (Å²) in [6, 6.07) is 0. The van der Waals surface area contributed by atoms with Crippen LogP contribution in [0.5, 0.6) is 0 Å². The Labute approximate surface area is 92.0 Å². The van der Waals surface area contributed by atoms with Gasteiger partial charge in [-0.3, -0.25) is 0 Å². The Morgan fingerprint density at radius 2 is 2.00 bits per heavy atom. The highest BCUT2D eigenvalue weighted by Gasteiger charge is 2.02. The van der Waals surface area contributed by atoms with Crippen molar-refractivity contribution >= 4 is 5.97 Å². The Bertz CT molecular complexity index is 283. The predicted octanol–water partition coefficient (Wildman–Crippen LogP) is 3.71. The van der Waals surface area contributed by atoms with Gasteiger partial charge in [0, 0.05) is 0 Å². The molecule has 0 aliphatic heterocycles. The molecular weight excluding hydrogens is 188 g/mol. The van der Waals surface area contributed by atoms with Gasteiger partial charge in [0.05, 0.1) is 5.57 Å². The van der Waals surface area contributed by atoms with E-state index >= 15 is 0 Å². The standard InChI is InChI=1S/C13H20O2/c1-4-6-7-9-12(13(14)15)10-11(3)8-5-2/h6-7,9-10H,4-5,8H2,1-3H3,(H,14,15)/b7-6+,11-10+,12-9+. The Morgan fingerprint density at radius 1 is 1.33 bits per heavy atom. The second-order valence-electron chi connectivity index (χ2n) is 3.50. The zero-order valence-electron chi connectivity index (χ0n) is 9.79. The summed E-state index contributed by atoms with van der Waals surface area (Å²) in [4.78, 5) is 10.9. The highest BCUT2D eigenvalue weighted by atomic mass is 16.4. The Balaban J connectivity index is 4.67. The number of carboxylic acids is 1. The zero-order chi connectivity index (χ0) is 11.7. The van der Waals surface area contributed by atoms with Crippen LogP contribution in [-0.2, 0) is 4.79 Å². The molecule has 0 bridgehead atoms. The minimum atomic E-state index is -0.869. The maximum absolute atomic E-state index is 10.9. The van der Waals surface area contributed by atoms with Gasteiger partial charge in [0.1, 0.15) is 0 Å². The molecule has 0 aromatic rings. The van der Waals surface area contributed by atoms with Crippen molar-refractivity contribution in [2.24, 2.45) is 0 Å². The van der Waals surface area contributed by atoms with E-state index in [0.29, 0.717) is 5.57 Å². The van der Waals surface area contributed by atoms with Crippen molar-refractivity contribution in [3.63, 3.8) is 0 Å². The molecule has 0 aliphatic carbocycles. The van der Waals surface area contributed by atoms with Gasteiger partial charge in [-0.15, -0.1) is 0 Å². The molecule has 0 unspecified atom stereocenters. The molecule has 0 aromatic heterocycles. The first-order valence-electron chi connectivity index (χ1n) is 5.39. The summed E-state index contributed by atoms with van der Waals surface area (Å²) in [5.41, 5.74) is 1.46. The lowest BCUT2D eigenvalue weighted by Gasteiger charge is -1.98. The Morgan fingerprint density at radius 3 is 2.47 bits per heavy atom. The molecule has 0 saturated heterocycles. The first kappa shape index (κ1) is 13.7. The van der Waals surface area contributed by atoms with E-state index in [1.807, 2.05) is 19.9 Å². The topological polar surface area (TPSA) is 37.3 Å². The molecule has 0 rings (SSSR count). The molecular formula is C13H20O2. The van der Waals surface area contributed by atoms with E-state index in [0.717, 1.165) is 24.8 Å². The number of carbonyl (C=O) groups is 1. The lowest BCUT2D eigenvalue weighted by atomic mass is 10.1. The van der Waals surface area contributed by atoms with Gasteiger partial charge in [-0.05, 0) is 31.9 Å². The fourth-order valence-electron chi connectivity index (χ4n) is 1.22. The third kappa shape index (κ3) is 6.72. The van der Waals surface area contributed by atoms with Gasteiger partial charge in [-0.1, -0.05) is 38.0 Å². The van der Waals surface area contributed by atoms with Crippen LogP contribution in [0.3, 0.4) is 0 Å². The van der Waals surface area contributed by atoms with Crippen LogP contribution in [0.2, 0.25) is 0 Å². The van der Waals surface area contributed by atoms with Crippen molar-refractivity contribution in [3.8, 4) is 0 Å². The highest BCUT2D eigenvalue weighted by molar-refractivity contribution is 5.90. The SMILES string of the molecule is CC/C=C/C=C(\C=C(/C)CCC)C(=O)O. The summed E-state index contributed by atoms with van der Waals surface area (Å²) in [5.74, 6) is -0.869. The highest BCUT2D eigenvalue weighted by Crippen LogP contribution is 2.08. The quantitative estimate of drug-likeness (QED) is 0.533. The molecule has 15 heavy (non-hydrogen) atoms. The van der Waals surface area contributed by atoms with Crippen LogP contribution in [0.25, 0.3) is 0 Å². The predicted molar refractivity (Wildman–Crippen MR) is 63.8 cm³/mol. The largest absolute Gasteiger partial charge is 0.478 e. The average molecular weight is 208 g/mol. The van der Waals surface area contributed by atoms with E-state index in [9.17, 15) is 4.79 Å². The smallest absolute Gasteiger partial charge is 0.335 e. The van der Waals surface area contributed by atoms with E-state index in [1.165, 1.54) is 0 Å². The minimum absolute atomic E-state index is 0.352. The van der Waals surface area contributed by atoms with Crippen LogP contribution >= 0.6 is 0 Å². The van der Waals surface area contributed by atoms with E-state index in [2.05, 4.69) is 6.92 Å². The van der Waals surface area contributed by atoms with Crippen molar-refractivity contribution < 1.29 is 9.90 Å². The summed E-state index contributed by atoms with van der Waals surface area (Å²) in [6.07, 6.45) is 10.0. The summed E-state index contributed by atoms with van der Waals surface area (Å²) in [6.45, 7) is 6.06. The van der Waals surface area contributed by atoms with Gasteiger partial charge in [-0.25, -0.2) is 4.79 Å². The van der Waals surface area contributed by atoms with E-state index in [4.69, 9.17) is 5.11 Å². The van der Waals surface area contributed by atoms with Crippen molar-refractivity contribution in [2.75, 3.05) is 0 Å². The average Bonchev–Trinajstić information content (AvgIpc) is 2.16. The van der Waals surface area contributed by atoms with Crippen LogP contribution in [0, 0.1) is 0 Å². The number of carboxylic acid groups (broad SMARTS) is 1. The summed E-state index contributed by atoms with van der Waals surface area (Å²) in [5, 5.41) is 8.94. The minimum Gasteiger partial charge on any atom is -0.478 e. The van der Waals surface area contributed by atoms with Crippen molar-refractivity contribution in [1.82, 2.24) is 0 Å². The molecule has 0 saturated carbocycles. The van der Waals surface area contributed by atoms with Crippen LogP contribution < -0.4 is 0 Å². The molecule has 84 valence electrons. The molecule has 0 radical (unpaired) electrons. The number of allylic oxidation sites excluding steroid dienone is 4. The molecule has 1 N–H and O–H groups in total. The normalized spacial score (nSPS) is 13.5. The molecule has 0 fully saturated rings. The second kappa shape index (κ2) is 8.04. The van der Waals surface area contributed by atoms with Gasteiger partial charge in [0.2, 0.25) is 0 Å². The van der Waals surface area contributed by atoms with Crippen LogP contribution in [0.15, 0.2) is 35.5 Å². The van der Waals surface area contributed by atoms with Gasteiger partial charge in [0.25, 0.3) is 0 Å². The molecule has 2 nitrogen and oxygen atoms in total. The van der Waals surface area contributed by atoms with E-state index < -0.39 is 5.97 Å². The Hall–Kier alpha value is -1.31. The summed E-state index contributed by atoms with van der Waals surface area (Å²) in [7, 11) is 0. The fraction of sp³-hybridized carbons (Fsp3) is 0.462. The lowest BCUT2D eigenvalue weighted by Crippen LogP contribution is -1.98. The Kier molecular flexibility index (Phi) is 7.33. The molecule has 0 spiro atoms. The van der Waals surface area contributed by atoms with Crippen LogP contribution in [-0.4, -0.2) is 11.1 Å². The number of hydrogen-bond acceptors (Lipinski definition) is 1. The maximum atomic E-state index is 10.9. The van der Waals surface area contributed by atoms with Gasteiger partial charge >= 0.3 is 5.97 Å². The van der Waals surface area contributed by atoms with Crippen molar-refractivity contribution in [1.29, 1.82) is 0 Å². The second-order valence-corrected chi connectivity index (χ2v) is 3.50. The first-order valence-corrected chi connectivity index (χ1v) is 5.39. The number of rotatable bonds is 6. The maximum Gasteiger partial charge on any atom is 0.335 e. The fourth-order valence-corrected chi connectivity index (χ4v) is 1.22. The molecule has 0 atom stereocenters. The van der Waals surface area contributed by atoms with Gasteiger partial charge in [0.15, 0.2) is 0 Å². The molecule has 0 heterocycles. The first-order chi connectivity index (χ1) is 7.11. The molecule has 2 heteroatoms. The zero-order valence-corrected chi connectivity index (χ0v) is 9.79. The van der Waals surface area contributed by atoms with Crippen LogP contribution in [0.4, 0.5) is 0 Å². The molecule has 0 aromatic carbocycles. The summed E-state index contributed by atoms with van der Waals surface area (Å²) >= 11 is 0. The molecule has 0 aliphatic rings. The van der Waals surface area contributed by atoms with Gasteiger partial charge < -0.3 is 5.11 Å². The third-order valence-corrected chi connectivity index (χ3v) is 1.94. The molecule has 0 amide bonds. The van der Waals surface area contributed by atoms with E-state index in [-0.39, 0.29) is 0 Å². The van der Waals surface area contributed by atoms with Gasteiger partial charge in [-0.2, -0.15) is 0 Å². The number of aliphatic carboxylic acids is 1.